The zero-order chi connectivity index (χ0) is 25.0. The summed E-state index contributed by atoms with van der Waals surface area (Å²) in [6.45, 7) is 3.86. The first kappa shape index (κ1) is 24.9. The van der Waals surface area contributed by atoms with Gasteiger partial charge in [0.25, 0.3) is 11.8 Å². The average Bonchev–Trinajstić information content (AvgIpc) is 3.26. The molecule has 2 atom stereocenters. The minimum atomic E-state index is -1.02. The minimum Gasteiger partial charge on any atom is -0.367 e. The number of benzene rings is 1. The number of anilines is 1. The summed E-state index contributed by atoms with van der Waals surface area (Å²) >= 11 is 1.39. The Morgan fingerprint density at radius 1 is 1.23 bits per heavy atom. The molecule has 2 unspecified atom stereocenters. The van der Waals surface area contributed by atoms with Crippen molar-refractivity contribution in [2.45, 2.75) is 39.3 Å². The van der Waals surface area contributed by atoms with Crippen LogP contribution in [0.3, 0.4) is 0 Å². The van der Waals surface area contributed by atoms with Crippen molar-refractivity contribution in [2.24, 2.45) is 5.41 Å². The average molecular weight is 501 g/mol. The summed E-state index contributed by atoms with van der Waals surface area (Å²) in [7, 11) is 0. The lowest BCUT2D eigenvalue weighted by Gasteiger charge is -2.49. The van der Waals surface area contributed by atoms with Gasteiger partial charge in [-0.15, -0.1) is 11.3 Å². The normalized spacial score (nSPS) is 19.1. The molecule has 1 aliphatic carbocycles. The molecule has 1 fully saturated rings. The lowest BCUT2D eigenvalue weighted by molar-refractivity contribution is -0.124. The van der Waals surface area contributed by atoms with Crippen LogP contribution in [0.1, 0.15) is 40.7 Å². The number of nitrogens with zero attached hydrogens (tertiary/aromatic N) is 3. The molecule has 2 amide bonds. The lowest BCUT2D eigenvalue weighted by Crippen LogP contribution is -2.59. The summed E-state index contributed by atoms with van der Waals surface area (Å²) < 4.78 is 33.4. The Kier molecular flexibility index (Phi) is 7.51. The van der Waals surface area contributed by atoms with Crippen molar-refractivity contribution in [1.82, 2.24) is 15.3 Å². The van der Waals surface area contributed by atoms with Crippen LogP contribution in [0.2, 0.25) is 0 Å². The Balaban J connectivity index is 1.49. The number of carbonyl (C=O) groups is 2. The molecule has 4 rings (SSSR count). The van der Waals surface area contributed by atoms with Crippen LogP contribution >= 0.6 is 11.3 Å². The van der Waals surface area contributed by atoms with Gasteiger partial charge in [0, 0.05) is 35.0 Å². The van der Waals surface area contributed by atoms with Crippen molar-refractivity contribution in [3.05, 3.63) is 76.0 Å². The predicted molar refractivity (Wildman–Crippen MR) is 128 cm³/mol. The summed E-state index contributed by atoms with van der Waals surface area (Å²) in [5, 5.41) is 3.01. The Morgan fingerprint density at radius 3 is 2.54 bits per heavy atom. The van der Waals surface area contributed by atoms with E-state index in [1.54, 1.807) is 5.51 Å². The van der Waals surface area contributed by atoms with Crippen molar-refractivity contribution >= 4 is 28.8 Å². The predicted octanol–water partition coefficient (Wildman–Crippen LogP) is 4.27. The Hall–Kier alpha value is -3.24. The minimum absolute atomic E-state index is 0.0526. The van der Waals surface area contributed by atoms with E-state index < -0.39 is 23.2 Å². The molecule has 2 aromatic heterocycles. The van der Waals surface area contributed by atoms with E-state index in [0.717, 1.165) is 35.4 Å². The van der Waals surface area contributed by atoms with E-state index in [1.165, 1.54) is 16.2 Å². The van der Waals surface area contributed by atoms with E-state index in [1.807, 2.05) is 44.2 Å². The van der Waals surface area contributed by atoms with Crippen LogP contribution < -0.4 is 10.2 Å². The third-order valence-corrected chi connectivity index (χ3v) is 7.08. The standard InChI is InChI=1S/C25H26F2N4O3S/c1-16-23(28-15-35-16)24(33)29-19-8-9-25(19,2)14-31(18-10-20(26)30-21(27)11-18)22(32)13-34-12-17-6-4-3-5-7-17/h3-7,10-11,15,19H,8-9,12-14H2,1-2H3,(H,29,33). The van der Waals surface area contributed by atoms with Gasteiger partial charge in [-0.1, -0.05) is 37.3 Å². The molecule has 0 radical (unpaired) electrons. The lowest BCUT2D eigenvalue weighted by atomic mass is 9.65. The van der Waals surface area contributed by atoms with Crippen LogP contribution in [0.5, 0.6) is 0 Å². The Morgan fingerprint density at radius 2 is 1.94 bits per heavy atom. The summed E-state index contributed by atoms with van der Waals surface area (Å²) in [6.07, 6.45) is 1.44. The second-order valence-electron chi connectivity index (χ2n) is 8.90. The molecule has 1 saturated carbocycles. The van der Waals surface area contributed by atoms with Crippen molar-refractivity contribution < 1.29 is 23.1 Å². The van der Waals surface area contributed by atoms with Crippen molar-refractivity contribution in [1.29, 1.82) is 0 Å². The van der Waals surface area contributed by atoms with Gasteiger partial charge in [-0.2, -0.15) is 13.8 Å². The van der Waals surface area contributed by atoms with Gasteiger partial charge < -0.3 is 15.0 Å². The number of rotatable bonds is 9. The molecule has 1 aliphatic rings. The highest BCUT2D eigenvalue weighted by Crippen LogP contribution is 2.42. The maximum absolute atomic E-state index is 13.9. The summed E-state index contributed by atoms with van der Waals surface area (Å²) in [5.74, 6) is -2.76. The highest BCUT2D eigenvalue weighted by molar-refractivity contribution is 7.09. The number of halogens is 2. The second-order valence-corrected chi connectivity index (χ2v) is 9.96. The van der Waals surface area contributed by atoms with Crippen LogP contribution in [-0.4, -0.2) is 41.0 Å². The van der Waals surface area contributed by atoms with E-state index in [-0.39, 0.29) is 37.4 Å². The van der Waals surface area contributed by atoms with Crippen molar-refractivity contribution in [3.63, 3.8) is 0 Å². The van der Waals surface area contributed by atoms with Crippen LogP contribution in [0, 0.1) is 24.2 Å². The number of amides is 2. The number of hydrogen-bond donors (Lipinski definition) is 1. The fourth-order valence-electron chi connectivity index (χ4n) is 4.17. The van der Waals surface area contributed by atoms with E-state index in [0.29, 0.717) is 5.69 Å². The van der Waals surface area contributed by atoms with E-state index in [4.69, 9.17) is 4.74 Å². The third kappa shape index (κ3) is 5.88. The monoisotopic (exact) mass is 500 g/mol. The zero-order valence-corrected chi connectivity index (χ0v) is 20.3. The van der Waals surface area contributed by atoms with Crippen LogP contribution in [0.15, 0.2) is 48.0 Å². The van der Waals surface area contributed by atoms with Crippen molar-refractivity contribution in [3.8, 4) is 0 Å². The summed E-state index contributed by atoms with van der Waals surface area (Å²) in [4.78, 5) is 35.3. The SMILES string of the molecule is Cc1scnc1C(=O)NC1CCC1(C)CN(C(=O)COCc1ccccc1)c1cc(F)nc(F)c1. The molecule has 1 aromatic carbocycles. The van der Waals surface area contributed by atoms with Gasteiger partial charge in [0.05, 0.1) is 17.8 Å². The van der Waals surface area contributed by atoms with Gasteiger partial charge in [-0.05, 0) is 25.3 Å². The molecule has 35 heavy (non-hydrogen) atoms. The fraction of sp³-hybridized carbons (Fsp3) is 0.360. The highest BCUT2D eigenvalue weighted by atomic mass is 32.1. The number of nitrogens with one attached hydrogen (secondary N) is 1. The van der Waals surface area contributed by atoms with E-state index in [2.05, 4.69) is 15.3 Å². The zero-order valence-electron chi connectivity index (χ0n) is 19.5. The number of ether oxygens (including phenoxy) is 1. The molecule has 0 spiro atoms. The van der Waals surface area contributed by atoms with Crippen LogP contribution in [-0.2, 0) is 16.1 Å². The third-order valence-electron chi connectivity index (χ3n) is 6.33. The van der Waals surface area contributed by atoms with Gasteiger partial charge in [-0.25, -0.2) is 4.98 Å². The smallest absolute Gasteiger partial charge is 0.271 e. The number of aryl methyl sites for hydroxylation is 1. The van der Waals surface area contributed by atoms with Gasteiger partial charge >= 0.3 is 0 Å². The highest BCUT2D eigenvalue weighted by Gasteiger charge is 2.46. The molecule has 1 N–H and O–H groups in total. The Bertz CT molecular complexity index is 1190. The maximum Gasteiger partial charge on any atom is 0.271 e. The van der Waals surface area contributed by atoms with Crippen molar-refractivity contribution in [2.75, 3.05) is 18.1 Å². The van der Waals surface area contributed by atoms with Crippen LogP contribution in [0.4, 0.5) is 14.5 Å². The molecular formula is C25H26F2N4O3S. The molecule has 10 heteroatoms. The topological polar surface area (TPSA) is 84.4 Å². The van der Waals surface area contributed by atoms with Gasteiger partial charge in [-0.3, -0.25) is 9.59 Å². The van der Waals surface area contributed by atoms with E-state index >= 15 is 0 Å². The van der Waals surface area contributed by atoms with Gasteiger partial charge in [0.2, 0.25) is 11.9 Å². The first-order valence-electron chi connectivity index (χ1n) is 11.2. The molecule has 7 nitrogen and oxygen atoms in total. The quantitative estimate of drug-likeness (QED) is 0.444. The molecule has 0 aliphatic heterocycles. The molecule has 0 bridgehead atoms. The molecule has 2 heterocycles. The molecule has 184 valence electrons. The molecule has 3 aromatic rings. The first-order valence-corrected chi connectivity index (χ1v) is 12.1. The number of aromatic nitrogens is 2. The largest absolute Gasteiger partial charge is 0.367 e. The molecular weight excluding hydrogens is 474 g/mol. The van der Waals surface area contributed by atoms with Gasteiger partial charge in [0.15, 0.2) is 0 Å². The van der Waals surface area contributed by atoms with E-state index in [9.17, 15) is 18.4 Å². The number of hydrogen-bond acceptors (Lipinski definition) is 6. The number of thiazole rings is 1. The fourth-order valence-corrected chi connectivity index (χ4v) is 4.74. The first-order chi connectivity index (χ1) is 16.7. The second kappa shape index (κ2) is 10.6. The number of pyridine rings is 1. The Labute approximate surface area is 206 Å². The number of carbonyl (C=O) groups excluding carboxylic acids is 2. The van der Waals surface area contributed by atoms with Crippen LogP contribution in [0.25, 0.3) is 0 Å². The summed E-state index contributed by atoms with van der Waals surface area (Å²) in [5.41, 5.74) is 2.44. The van der Waals surface area contributed by atoms with Gasteiger partial charge in [0.1, 0.15) is 12.3 Å². The maximum atomic E-state index is 13.9. The molecule has 0 saturated heterocycles. The summed E-state index contributed by atoms with van der Waals surface area (Å²) in [6, 6.07) is 11.2.